The molecule has 21 heavy (non-hydrogen) atoms. The first-order valence-electron chi connectivity index (χ1n) is 6.77. The smallest absolute Gasteiger partial charge is 0.201 e. The zero-order chi connectivity index (χ0) is 14.8. The van der Waals surface area contributed by atoms with E-state index in [2.05, 4.69) is 33.0 Å². The molecular formula is C16H16BrN3O. The molecule has 0 spiro atoms. The van der Waals surface area contributed by atoms with E-state index in [1.165, 1.54) is 5.56 Å². The Hall–Kier alpha value is -1.85. The van der Waals surface area contributed by atoms with Gasteiger partial charge >= 0.3 is 0 Å². The minimum Gasteiger partial charge on any atom is -0.392 e. The maximum atomic E-state index is 9.18. The summed E-state index contributed by atoms with van der Waals surface area (Å²) in [7, 11) is 0. The van der Waals surface area contributed by atoms with Crippen LogP contribution in [0.15, 0.2) is 46.9 Å². The molecule has 0 unspecified atom stereocenters. The number of halogens is 1. The van der Waals surface area contributed by atoms with E-state index in [-0.39, 0.29) is 6.61 Å². The van der Waals surface area contributed by atoms with Gasteiger partial charge in [-0.25, -0.2) is 4.98 Å². The molecule has 3 rings (SSSR count). The second-order valence-electron chi connectivity index (χ2n) is 4.98. The Morgan fingerprint density at radius 2 is 1.81 bits per heavy atom. The van der Waals surface area contributed by atoms with Crippen LogP contribution in [0.3, 0.4) is 0 Å². The van der Waals surface area contributed by atoms with E-state index in [1.807, 2.05) is 34.9 Å². The Bertz CT molecular complexity index is 765. The van der Waals surface area contributed by atoms with E-state index < -0.39 is 0 Å². The average molecular weight is 346 g/mol. The van der Waals surface area contributed by atoms with Crippen LogP contribution in [0, 0.1) is 0 Å². The molecule has 0 saturated carbocycles. The molecule has 0 aliphatic carbocycles. The molecule has 0 saturated heterocycles. The lowest BCUT2D eigenvalue weighted by Gasteiger charge is -2.07. The zero-order valence-corrected chi connectivity index (χ0v) is 13.0. The summed E-state index contributed by atoms with van der Waals surface area (Å²) in [4.78, 5) is 4.37. The summed E-state index contributed by atoms with van der Waals surface area (Å²) in [5.74, 6) is 0.511. The lowest BCUT2D eigenvalue weighted by atomic mass is 10.1. The summed E-state index contributed by atoms with van der Waals surface area (Å²) in [6.07, 6.45) is 0.894. The fraction of sp³-hybridized carbons (Fsp3) is 0.188. The van der Waals surface area contributed by atoms with Gasteiger partial charge in [0.05, 0.1) is 17.6 Å². The predicted molar refractivity (Wildman–Crippen MR) is 87.9 cm³/mol. The number of hydrogen-bond donors (Lipinski definition) is 2. The van der Waals surface area contributed by atoms with E-state index in [0.717, 1.165) is 34.0 Å². The predicted octanol–water partition coefficient (Wildman–Crippen LogP) is 3.12. The van der Waals surface area contributed by atoms with E-state index in [9.17, 15) is 5.11 Å². The van der Waals surface area contributed by atoms with E-state index in [4.69, 9.17) is 5.73 Å². The van der Waals surface area contributed by atoms with Crippen LogP contribution < -0.4 is 5.73 Å². The number of imidazole rings is 1. The highest BCUT2D eigenvalue weighted by molar-refractivity contribution is 9.10. The Morgan fingerprint density at radius 1 is 1.10 bits per heavy atom. The number of aryl methyl sites for hydroxylation is 2. The maximum absolute atomic E-state index is 9.18. The number of nitrogens with zero attached hydrogens (tertiary/aromatic N) is 2. The molecule has 0 atom stereocenters. The minimum absolute atomic E-state index is 0.0155. The van der Waals surface area contributed by atoms with Crippen molar-refractivity contribution in [3.8, 4) is 0 Å². The topological polar surface area (TPSA) is 64.1 Å². The van der Waals surface area contributed by atoms with Gasteiger partial charge in [0.1, 0.15) is 0 Å². The van der Waals surface area contributed by atoms with Gasteiger partial charge in [0.25, 0.3) is 0 Å². The van der Waals surface area contributed by atoms with E-state index >= 15 is 0 Å². The quantitative estimate of drug-likeness (QED) is 0.763. The fourth-order valence-corrected chi connectivity index (χ4v) is 2.68. The van der Waals surface area contributed by atoms with Crippen molar-refractivity contribution in [3.63, 3.8) is 0 Å². The molecular weight excluding hydrogens is 330 g/mol. The van der Waals surface area contributed by atoms with Gasteiger partial charge in [-0.3, -0.25) is 0 Å². The molecule has 3 aromatic rings. The van der Waals surface area contributed by atoms with Gasteiger partial charge in [0.15, 0.2) is 0 Å². The molecule has 0 amide bonds. The number of nitrogens with two attached hydrogens (primary N) is 1. The van der Waals surface area contributed by atoms with Crippen molar-refractivity contribution < 1.29 is 5.11 Å². The van der Waals surface area contributed by atoms with Crippen LogP contribution in [0.4, 0.5) is 5.95 Å². The van der Waals surface area contributed by atoms with Gasteiger partial charge in [-0.15, -0.1) is 0 Å². The van der Waals surface area contributed by atoms with Crippen molar-refractivity contribution in [1.82, 2.24) is 9.55 Å². The Kier molecular flexibility index (Phi) is 3.94. The Morgan fingerprint density at radius 3 is 2.52 bits per heavy atom. The monoisotopic (exact) mass is 345 g/mol. The molecule has 0 fully saturated rings. The van der Waals surface area contributed by atoms with Crippen LogP contribution in [0.5, 0.6) is 0 Å². The van der Waals surface area contributed by atoms with Gasteiger partial charge in [-0.1, -0.05) is 34.1 Å². The third-order valence-electron chi connectivity index (χ3n) is 3.56. The number of hydrogen-bond acceptors (Lipinski definition) is 3. The number of benzene rings is 2. The summed E-state index contributed by atoms with van der Waals surface area (Å²) in [6, 6.07) is 14.0. The molecule has 5 heteroatoms. The van der Waals surface area contributed by atoms with Crippen molar-refractivity contribution in [2.45, 2.75) is 19.6 Å². The normalized spacial score (nSPS) is 11.1. The first kappa shape index (κ1) is 14.1. The highest BCUT2D eigenvalue weighted by atomic mass is 79.9. The number of aliphatic hydroxyl groups excluding tert-OH is 1. The lowest BCUT2D eigenvalue weighted by Crippen LogP contribution is -2.05. The largest absolute Gasteiger partial charge is 0.392 e. The molecule has 108 valence electrons. The summed E-state index contributed by atoms with van der Waals surface area (Å²) < 4.78 is 3.09. The molecule has 0 aliphatic rings. The zero-order valence-electron chi connectivity index (χ0n) is 11.5. The van der Waals surface area contributed by atoms with Crippen LogP contribution in [-0.4, -0.2) is 14.7 Å². The van der Waals surface area contributed by atoms with Gasteiger partial charge < -0.3 is 15.4 Å². The van der Waals surface area contributed by atoms with Crippen molar-refractivity contribution >= 4 is 32.9 Å². The summed E-state index contributed by atoms with van der Waals surface area (Å²) >= 11 is 3.44. The van der Waals surface area contributed by atoms with Crippen molar-refractivity contribution in [3.05, 3.63) is 58.1 Å². The summed E-state index contributed by atoms with van der Waals surface area (Å²) in [5.41, 5.74) is 9.95. The van der Waals surface area contributed by atoms with Crippen LogP contribution in [0.1, 0.15) is 11.1 Å². The molecule has 0 aliphatic heterocycles. The Labute approximate surface area is 131 Å². The standard InChI is InChI=1S/C16H16BrN3O/c17-13-4-1-11(2-5-13)7-8-20-15-6-3-12(10-21)9-14(15)19-16(20)18/h1-6,9,21H,7-8,10H2,(H2,18,19). The van der Waals surface area contributed by atoms with Crippen LogP contribution >= 0.6 is 15.9 Å². The third-order valence-corrected chi connectivity index (χ3v) is 4.09. The van der Waals surface area contributed by atoms with Crippen LogP contribution in [0.25, 0.3) is 11.0 Å². The number of nitrogen functional groups attached to an aromatic ring is 1. The SMILES string of the molecule is Nc1nc2cc(CO)ccc2n1CCc1ccc(Br)cc1. The third kappa shape index (κ3) is 2.94. The molecule has 0 bridgehead atoms. The average Bonchev–Trinajstić information content (AvgIpc) is 2.81. The highest BCUT2D eigenvalue weighted by Gasteiger charge is 2.08. The number of rotatable bonds is 4. The maximum Gasteiger partial charge on any atom is 0.201 e. The Balaban J connectivity index is 1.86. The van der Waals surface area contributed by atoms with Gasteiger partial charge in [0.2, 0.25) is 5.95 Å². The van der Waals surface area contributed by atoms with Gasteiger partial charge in [-0.2, -0.15) is 0 Å². The van der Waals surface area contributed by atoms with E-state index in [1.54, 1.807) is 0 Å². The second-order valence-corrected chi connectivity index (χ2v) is 5.89. The van der Waals surface area contributed by atoms with Crippen LogP contribution in [0.2, 0.25) is 0 Å². The second kappa shape index (κ2) is 5.87. The molecule has 1 aromatic heterocycles. The van der Waals surface area contributed by atoms with Crippen molar-refractivity contribution in [2.75, 3.05) is 5.73 Å². The first-order valence-corrected chi connectivity index (χ1v) is 7.56. The first-order chi connectivity index (χ1) is 10.2. The fourth-order valence-electron chi connectivity index (χ4n) is 2.42. The van der Waals surface area contributed by atoms with Gasteiger partial charge in [0, 0.05) is 11.0 Å². The highest BCUT2D eigenvalue weighted by Crippen LogP contribution is 2.20. The van der Waals surface area contributed by atoms with Crippen LogP contribution in [-0.2, 0) is 19.6 Å². The summed E-state index contributed by atoms with van der Waals surface area (Å²) in [6.45, 7) is 0.796. The molecule has 2 aromatic carbocycles. The number of anilines is 1. The minimum atomic E-state index is 0.0155. The van der Waals surface area contributed by atoms with Crippen molar-refractivity contribution in [1.29, 1.82) is 0 Å². The summed E-state index contributed by atoms with van der Waals surface area (Å²) in [5, 5.41) is 9.18. The van der Waals surface area contributed by atoms with E-state index in [0.29, 0.717) is 5.95 Å². The number of aliphatic hydroxyl groups is 1. The molecule has 3 N–H and O–H groups in total. The van der Waals surface area contributed by atoms with Gasteiger partial charge in [-0.05, 0) is 41.8 Å². The number of aromatic nitrogens is 2. The number of fused-ring (bicyclic) bond motifs is 1. The molecule has 0 radical (unpaired) electrons. The lowest BCUT2D eigenvalue weighted by molar-refractivity contribution is 0.282. The molecule has 1 heterocycles. The van der Waals surface area contributed by atoms with Crippen molar-refractivity contribution in [2.24, 2.45) is 0 Å². The molecule has 4 nitrogen and oxygen atoms in total.